The van der Waals surface area contributed by atoms with Crippen LogP contribution in [0.25, 0.3) is 0 Å². The number of carbonyl (C=O) groups is 1. The Morgan fingerprint density at radius 1 is 1.58 bits per heavy atom. The summed E-state index contributed by atoms with van der Waals surface area (Å²) in [5.41, 5.74) is 0. The molecule has 1 amide bonds. The first-order valence-electron chi connectivity index (χ1n) is 4.54. The molecule has 65 valence electrons. The van der Waals surface area contributed by atoms with Gasteiger partial charge in [-0.2, -0.15) is 0 Å². The number of nitrogens with zero attached hydrogens (tertiary/aromatic N) is 1. The summed E-state index contributed by atoms with van der Waals surface area (Å²) < 4.78 is 5.25. The van der Waals surface area contributed by atoms with Crippen molar-refractivity contribution in [1.29, 1.82) is 0 Å². The molecule has 3 fully saturated rings. The zero-order valence-electron chi connectivity index (χ0n) is 7.06. The van der Waals surface area contributed by atoms with Gasteiger partial charge in [0.2, 0.25) is 0 Å². The maximum atomic E-state index is 11.3. The monoisotopic (exact) mass is 166 g/mol. The van der Waals surface area contributed by atoms with Gasteiger partial charge in [0.1, 0.15) is 6.10 Å². The molecule has 0 aromatic heterocycles. The fraction of sp³-hybridized carbons (Fsp3) is 0.778. The van der Waals surface area contributed by atoms with E-state index in [1.165, 1.54) is 6.42 Å². The molecule has 0 aromatic rings. The lowest BCUT2D eigenvalue weighted by Gasteiger charge is -2.40. The Kier molecular flexibility index (Phi) is 1.10. The van der Waals surface area contributed by atoms with Gasteiger partial charge in [-0.3, -0.25) is 0 Å². The quantitative estimate of drug-likeness (QED) is 0.538. The first-order valence-corrected chi connectivity index (χ1v) is 4.54. The molecule has 0 spiro atoms. The summed E-state index contributed by atoms with van der Waals surface area (Å²) >= 11 is 0. The fourth-order valence-electron chi connectivity index (χ4n) is 2.92. The van der Waals surface area contributed by atoms with E-state index in [-0.39, 0.29) is 12.2 Å². The minimum Gasteiger partial charge on any atom is -0.445 e. The van der Waals surface area contributed by atoms with E-state index >= 15 is 0 Å². The number of ether oxygens (including phenoxy) is 1. The third-order valence-corrected chi connectivity index (χ3v) is 3.52. The summed E-state index contributed by atoms with van der Waals surface area (Å²) in [5.74, 6) is 1.30. The standard InChI is InChI=1S/C9H12NO2/c1-10-7-3-5-2-6(7)8(4-5)12-9(10)11/h4-8H,2-3H2,1H3. The van der Waals surface area contributed by atoms with Gasteiger partial charge in [-0.15, -0.1) is 0 Å². The summed E-state index contributed by atoms with van der Waals surface area (Å²) in [4.78, 5) is 13.0. The van der Waals surface area contributed by atoms with Crippen molar-refractivity contribution in [3.05, 3.63) is 6.42 Å². The van der Waals surface area contributed by atoms with Gasteiger partial charge in [-0.25, -0.2) is 4.79 Å². The van der Waals surface area contributed by atoms with Crippen LogP contribution in [0.5, 0.6) is 0 Å². The van der Waals surface area contributed by atoms with E-state index in [0.717, 1.165) is 6.42 Å². The SMILES string of the molecule is CN1C(=O)OC2[CH]C3CC2C1C3. The molecule has 3 heteroatoms. The zero-order chi connectivity index (χ0) is 8.29. The third-order valence-electron chi connectivity index (χ3n) is 3.52. The highest BCUT2D eigenvalue weighted by Crippen LogP contribution is 2.49. The van der Waals surface area contributed by atoms with Crippen molar-refractivity contribution in [2.45, 2.75) is 25.0 Å². The van der Waals surface area contributed by atoms with Crippen LogP contribution in [0, 0.1) is 18.3 Å². The molecule has 1 saturated heterocycles. The maximum Gasteiger partial charge on any atom is 0.410 e. The molecule has 3 rings (SSSR count). The van der Waals surface area contributed by atoms with Crippen molar-refractivity contribution in [3.63, 3.8) is 0 Å². The molecule has 4 atom stereocenters. The van der Waals surface area contributed by atoms with Gasteiger partial charge in [0.25, 0.3) is 0 Å². The van der Waals surface area contributed by atoms with Crippen molar-refractivity contribution >= 4 is 6.09 Å². The predicted molar refractivity (Wildman–Crippen MR) is 42.3 cm³/mol. The number of rotatable bonds is 0. The normalized spacial score (nSPS) is 49.8. The zero-order valence-corrected chi connectivity index (χ0v) is 7.06. The van der Waals surface area contributed by atoms with Gasteiger partial charge in [0.15, 0.2) is 0 Å². The molecule has 1 radical (unpaired) electrons. The summed E-state index contributed by atoms with van der Waals surface area (Å²) in [6.45, 7) is 0. The van der Waals surface area contributed by atoms with Crippen molar-refractivity contribution in [3.8, 4) is 0 Å². The molecule has 4 unspecified atom stereocenters. The molecule has 2 bridgehead atoms. The third kappa shape index (κ3) is 0.648. The van der Waals surface area contributed by atoms with Crippen LogP contribution >= 0.6 is 0 Å². The molecule has 2 aliphatic carbocycles. The van der Waals surface area contributed by atoms with Crippen LogP contribution in [0.15, 0.2) is 0 Å². The van der Waals surface area contributed by atoms with Crippen molar-refractivity contribution in [2.24, 2.45) is 11.8 Å². The number of hydrogen-bond acceptors (Lipinski definition) is 2. The Hall–Kier alpha value is -0.730. The summed E-state index contributed by atoms with van der Waals surface area (Å²) in [6.07, 6.45) is 4.60. The Labute approximate surface area is 71.7 Å². The van der Waals surface area contributed by atoms with E-state index in [2.05, 4.69) is 6.42 Å². The maximum absolute atomic E-state index is 11.3. The van der Waals surface area contributed by atoms with Gasteiger partial charge in [-0.05, 0) is 18.8 Å². The van der Waals surface area contributed by atoms with E-state index in [1.54, 1.807) is 4.90 Å². The van der Waals surface area contributed by atoms with Crippen LogP contribution in [-0.4, -0.2) is 30.2 Å². The van der Waals surface area contributed by atoms with Gasteiger partial charge >= 0.3 is 6.09 Å². The van der Waals surface area contributed by atoms with E-state index in [9.17, 15) is 4.79 Å². The molecule has 0 aromatic carbocycles. The van der Waals surface area contributed by atoms with Crippen molar-refractivity contribution in [2.75, 3.05) is 7.05 Å². The second-order valence-corrected chi connectivity index (χ2v) is 4.11. The van der Waals surface area contributed by atoms with Gasteiger partial charge in [0, 0.05) is 25.4 Å². The molecule has 3 aliphatic rings. The molecule has 1 aliphatic heterocycles. The Balaban J connectivity index is 1.94. The molecule has 3 nitrogen and oxygen atoms in total. The number of carbonyl (C=O) groups excluding carboxylic acids is 1. The van der Waals surface area contributed by atoms with E-state index in [4.69, 9.17) is 4.74 Å². The van der Waals surface area contributed by atoms with Crippen LogP contribution in [0.1, 0.15) is 12.8 Å². The van der Waals surface area contributed by atoms with E-state index < -0.39 is 0 Å². The first kappa shape index (κ1) is 6.75. The lowest BCUT2D eigenvalue weighted by atomic mass is 9.90. The highest BCUT2D eigenvalue weighted by atomic mass is 16.6. The summed E-state index contributed by atoms with van der Waals surface area (Å²) in [6, 6.07) is 0.464. The van der Waals surface area contributed by atoms with Gasteiger partial charge in [0.05, 0.1) is 0 Å². The lowest BCUT2D eigenvalue weighted by molar-refractivity contribution is -0.0114. The number of amides is 1. The summed E-state index contributed by atoms with van der Waals surface area (Å²) in [7, 11) is 1.85. The Morgan fingerprint density at radius 2 is 2.42 bits per heavy atom. The molecule has 12 heavy (non-hydrogen) atoms. The van der Waals surface area contributed by atoms with E-state index in [0.29, 0.717) is 17.9 Å². The van der Waals surface area contributed by atoms with Crippen LogP contribution in [0.2, 0.25) is 0 Å². The topological polar surface area (TPSA) is 29.5 Å². The van der Waals surface area contributed by atoms with Crippen LogP contribution < -0.4 is 0 Å². The van der Waals surface area contributed by atoms with E-state index in [1.807, 2.05) is 7.05 Å². The Morgan fingerprint density at radius 3 is 3.17 bits per heavy atom. The summed E-state index contributed by atoms with van der Waals surface area (Å²) in [5, 5.41) is 0. The molecule has 0 N–H and O–H groups in total. The van der Waals surface area contributed by atoms with Crippen LogP contribution in [0.3, 0.4) is 0 Å². The second-order valence-electron chi connectivity index (χ2n) is 4.11. The minimum absolute atomic E-state index is 0.137. The highest BCUT2D eigenvalue weighted by Gasteiger charge is 2.54. The number of hydrogen-bond donors (Lipinski definition) is 0. The highest BCUT2D eigenvalue weighted by molar-refractivity contribution is 5.69. The number of fused-ring (bicyclic) bond motifs is 1. The van der Waals surface area contributed by atoms with Crippen LogP contribution in [0.4, 0.5) is 4.79 Å². The average Bonchev–Trinajstić information content (AvgIpc) is 2.58. The largest absolute Gasteiger partial charge is 0.445 e. The molecular weight excluding hydrogens is 154 g/mol. The first-order chi connectivity index (χ1) is 5.75. The average molecular weight is 166 g/mol. The molecule has 2 saturated carbocycles. The van der Waals surface area contributed by atoms with Gasteiger partial charge in [-0.1, -0.05) is 0 Å². The van der Waals surface area contributed by atoms with Crippen molar-refractivity contribution in [1.82, 2.24) is 4.90 Å². The molecular formula is C9H12NO2. The molecule has 1 heterocycles. The predicted octanol–water partition coefficient (Wildman–Crippen LogP) is 1.05. The fourth-order valence-corrected chi connectivity index (χ4v) is 2.92. The second kappa shape index (κ2) is 1.95. The minimum atomic E-state index is -0.141. The lowest BCUT2D eigenvalue weighted by Crippen LogP contribution is -2.52. The van der Waals surface area contributed by atoms with Gasteiger partial charge < -0.3 is 9.64 Å². The smallest absolute Gasteiger partial charge is 0.410 e. The van der Waals surface area contributed by atoms with Crippen LogP contribution in [-0.2, 0) is 4.74 Å². The van der Waals surface area contributed by atoms with Crippen molar-refractivity contribution < 1.29 is 9.53 Å². The Bertz CT molecular complexity index is 241.